The Labute approximate surface area is 88.3 Å². The van der Waals surface area contributed by atoms with E-state index in [1.165, 1.54) is 18.5 Å². The number of ether oxygens (including phenoxy) is 1. The largest absolute Gasteiger partial charge is 0.459 e. The van der Waals surface area contributed by atoms with Crippen molar-refractivity contribution >= 4 is 11.8 Å². The fraction of sp³-hybridized carbons (Fsp3) is 0.364. The number of hydrogen-bond donors (Lipinski definition) is 0. The number of carbonyl (C=O) groups excluding carboxylic acids is 2. The predicted octanol–water partition coefficient (Wildman–Crippen LogP) is 1.46. The molecule has 4 heteroatoms. The van der Waals surface area contributed by atoms with Crippen molar-refractivity contribution in [3.8, 4) is 0 Å². The second-order valence-corrected chi connectivity index (χ2v) is 3.56. The minimum absolute atomic E-state index is 0.218. The lowest BCUT2D eigenvalue weighted by Gasteiger charge is -2.05. The number of aromatic nitrogens is 1. The van der Waals surface area contributed by atoms with Gasteiger partial charge in [-0.25, -0.2) is 4.79 Å². The van der Waals surface area contributed by atoms with Crippen LogP contribution in [0.5, 0.6) is 0 Å². The minimum Gasteiger partial charge on any atom is -0.459 e. The number of rotatable bonds is 4. The average molecular weight is 207 g/mol. The van der Waals surface area contributed by atoms with E-state index in [1.54, 1.807) is 6.07 Å². The maximum atomic E-state index is 11.4. The van der Waals surface area contributed by atoms with Gasteiger partial charge in [-0.05, 0) is 18.1 Å². The second kappa shape index (κ2) is 5.24. The lowest BCUT2D eigenvalue weighted by molar-refractivity contribution is -0.139. The third-order valence-corrected chi connectivity index (χ3v) is 1.66. The van der Waals surface area contributed by atoms with Crippen LogP contribution in [0.15, 0.2) is 24.5 Å². The molecule has 15 heavy (non-hydrogen) atoms. The highest BCUT2D eigenvalue weighted by Crippen LogP contribution is 2.01. The van der Waals surface area contributed by atoms with E-state index in [0.29, 0.717) is 0 Å². The lowest BCUT2D eigenvalue weighted by atomic mass is 10.2. The molecular formula is C11H13NO3. The fourth-order valence-corrected chi connectivity index (χ4v) is 0.923. The normalized spacial score (nSPS) is 10.1. The van der Waals surface area contributed by atoms with Crippen LogP contribution in [0.4, 0.5) is 0 Å². The van der Waals surface area contributed by atoms with Crippen LogP contribution in [0.25, 0.3) is 0 Å². The van der Waals surface area contributed by atoms with Gasteiger partial charge in [0.05, 0.1) is 6.61 Å². The highest BCUT2D eigenvalue weighted by molar-refractivity contribution is 6.40. The van der Waals surface area contributed by atoms with Crippen LogP contribution >= 0.6 is 0 Å². The van der Waals surface area contributed by atoms with Crippen LogP contribution in [-0.4, -0.2) is 23.3 Å². The Morgan fingerprint density at radius 1 is 1.47 bits per heavy atom. The lowest BCUT2D eigenvalue weighted by Crippen LogP contribution is -2.19. The van der Waals surface area contributed by atoms with Crippen molar-refractivity contribution in [2.45, 2.75) is 13.8 Å². The van der Waals surface area contributed by atoms with Crippen molar-refractivity contribution < 1.29 is 14.3 Å². The molecule has 4 nitrogen and oxygen atoms in total. The summed E-state index contributed by atoms with van der Waals surface area (Å²) in [6, 6.07) is 3.13. The van der Waals surface area contributed by atoms with Gasteiger partial charge in [0.25, 0.3) is 5.78 Å². The van der Waals surface area contributed by atoms with Crippen LogP contribution in [0.3, 0.4) is 0 Å². The topological polar surface area (TPSA) is 56.3 Å². The summed E-state index contributed by atoms with van der Waals surface area (Å²) in [5.74, 6) is -1.25. The molecule has 0 aromatic carbocycles. The molecule has 0 radical (unpaired) electrons. The average Bonchev–Trinajstić information content (AvgIpc) is 2.26. The van der Waals surface area contributed by atoms with Gasteiger partial charge in [0.15, 0.2) is 0 Å². The van der Waals surface area contributed by atoms with Gasteiger partial charge in [0.2, 0.25) is 0 Å². The highest BCUT2D eigenvalue weighted by Gasteiger charge is 2.17. The Hall–Kier alpha value is -1.71. The zero-order valence-electron chi connectivity index (χ0n) is 8.77. The quantitative estimate of drug-likeness (QED) is 0.426. The number of pyridine rings is 1. The Morgan fingerprint density at radius 3 is 2.73 bits per heavy atom. The van der Waals surface area contributed by atoms with Crippen molar-refractivity contribution in [1.29, 1.82) is 0 Å². The van der Waals surface area contributed by atoms with E-state index in [0.717, 1.165) is 0 Å². The molecule has 0 atom stereocenters. The maximum Gasteiger partial charge on any atom is 0.379 e. The van der Waals surface area contributed by atoms with Crippen LogP contribution in [-0.2, 0) is 9.53 Å². The SMILES string of the molecule is CC(C)COC(=O)C(=O)c1cccnc1. The molecule has 0 N–H and O–H groups in total. The summed E-state index contributed by atoms with van der Waals surface area (Å²) in [5.41, 5.74) is 0.256. The first kappa shape index (κ1) is 11.4. The van der Waals surface area contributed by atoms with Crippen LogP contribution < -0.4 is 0 Å². The zero-order valence-corrected chi connectivity index (χ0v) is 8.77. The van der Waals surface area contributed by atoms with E-state index >= 15 is 0 Å². The summed E-state index contributed by atoms with van der Waals surface area (Å²) in [4.78, 5) is 26.4. The highest BCUT2D eigenvalue weighted by atomic mass is 16.5. The molecule has 0 aliphatic rings. The smallest absolute Gasteiger partial charge is 0.379 e. The predicted molar refractivity (Wildman–Crippen MR) is 54.4 cm³/mol. The number of hydrogen-bond acceptors (Lipinski definition) is 4. The van der Waals surface area contributed by atoms with Crippen molar-refractivity contribution in [3.63, 3.8) is 0 Å². The number of carbonyl (C=O) groups is 2. The molecule has 1 aromatic rings. The van der Waals surface area contributed by atoms with Crippen LogP contribution in [0, 0.1) is 5.92 Å². The molecule has 0 spiro atoms. The van der Waals surface area contributed by atoms with E-state index in [9.17, 15) is 9.59 Å². The molecule has 0 unspecified atom stereocenters. The Bertz CT molecular complexity index is 346. The first-order valence-corrected chi connectivity index (χ1v) is 4.72. The van der Waals surface area contributed by atoms with Gasteiger partial charge in [0.1, 0.15) is 0 Å². The molecule has 0 aliphatic carbocycles. The van der Waals surface area contributed by atoms with Gasteiger partial charge >= 0.3 is 5.97 Å². The molecule has 0 saturated heterocycles. The number of Topliss-reactive ketones (excluding diaryl/α,β-unsaturated/α-hetero) is 1. The summed E-state index contributed by atoms with van der Waals surface area (Å²) < 4.78 is 4.80. The Balaban J connectivity index is 2.58. The van der Waals surface area contributed by atoms with Gasteiger partial charge in [-0.3, -0.25) is 9.78 Å². The third-order valence-electron chi connectivity index (χ3n) is 1.66. The molecule has 0 saturated carbocycles. The van der Waals surface area contributed by atoms with Gasteiger partial charge in [-0.2, -0.15) is 0 Å². The molecule has 0 amide bonds. The van der Waals surface area contributed by atoms with Gasteiger partial charge in [0, 0.05) is 18.0 Å². The molecule has 1 heterocycles. The first-order chi connectivity index (χ1) is 7.11. The molecule has 1 rings (SSSR count). The van der Waals surface area contributed by atoms with E-state index < -0.39 is 11.8 Å². The monoisotopic (exact) mass is 207 g/mol. The second-order valence-electron chi connectivity index (χ2n) is 3.56. The van der Waals surface area contributed by atoms with Crippen molar-refractivity contribution in [3.05, 3.63) is 30.1 Å². The summed E-state index contributed by atoms with van der Waals surface area (Å²) >= 11 is 0. The molecule has 0 aliphatic heterocycles. The van der Waals surface area contributed by atoms with E-state index in [4.69, 9.17) is 4.74 Å². The van der Waals surface area contributed by atoms with E-state index in [-0.39, 0.29) is 18.1 Å². The fourth-order valence-electron chi connectivity index (χ4n) is 0.923. The van der Waals surface area contributed by atoms with E-state index in [1.807, 2.05) is 13.8 Å². The van der Waals surface area contributed by atoms with E-state index in [2.05, 4.69) is 4.98 Å². The summed E-state index contributed by atoms with van der Waals surface area (Å²) in [7, 11) is 0. The van der Waals surface area contributed by atoms with Crippen molar-refractivity contribution in [2.75, 3.05) is 6.61 Å². The molecule has 0 fully saturated rings. The number of nitrogens with zero attached hydrogens (tertiary/aromatic N) is 1. The van der Waals surface area contributed by atoms with Crippen LogP contribution in [0.2, 0.25) is 0 Å². The first-order valence-electron chi connectivity index (χ1n) is 4.72. The zero-order chi connectivity index (χ0) is 11.3. The summed E-state index contributed by atoms with van der Waals surface area (Å²) in [6.07, 6.45) is 2.88. The Kier molecular flexibility index (Phi) is 3.97. The number of ketones is 1. The van der Waals surface area contributed by atoms with Gasteiger partial charge in [-0.15, -0.1) is 0 Å². The third kappa shape index (κ3) is 3.50. The minimum atomic E-state index is -0.822. The van der Waals surface area contributed by atoms with Gasteiger partial charge in [-0.1, -0.05) is 13.8 Å². The van der Waals surface area contributed by atoms with Crippen LogP contribution in [0.1, 0.15) is 24.2 Å². The van der Waals surface area contributed by atoms with Crippen molar-refractivity contribution in [2.24, 2.45) is 5.92 Å². The maximum absolute atomic E-state index is 11.4. The standard InChI is InChI=1S/C11H13NO3/c1-8(2)7-15-11(14)10(13)9-4-3-5-12-6-9/h3-6,8H,7H2,1-2H3. The summed E-state index contributed by atoms with van der Waals surface area (Å²) in [6.45, 7) is 4.06. The number of esters is 1. The molecule has 0 bridgehead atoms. The Morgan fingerprint density at radius 2 is 2.20 bits per heavy atom. The molecule has 80 valence electrons. The van der Waals surface area contributed by atoms with Crippen molar-refractivity contribution in [1.82, 2.24) is 4.98 Å². The van der Waals surface area contributed by atoms with Gasteiger partial charge < -0.3 is 4.74 Å². The molecular weight excluding hydrogens is 194 g/mol. The summed E-state index contributed by atoms with van der Waals surface area (Å²) in [5, 5.41) is 0. The molecule has 1 aromatic heterocycles.